The van der Waals surface area contributed by atoms with Crippen LogP contribution in [0.1, 0.15) is 13.8 Å². The summed E-state index contributed by atoms with van der Waals surface area (Å²) in [5.41, 5.74) is 10.8. The third-order valence-corrected chi connectivity index (χ3v) is 2.31. The lowest BCUT2D eigenvalue weighted by Crippen LogP contribution is -2.48. The first-order valence-corrected chi connectivity index (χ1v) is 5.75. The average molecular weight is 230 g/mol. The molecular formula is C11H26N4O. The molecule has 0 aromatic heterocycles. The number of likely N-dealkylation sites (N-methyl/N-ethyl adjacent to an activating group) is 1. The highest BCUT2D eigenvalue weighted by atomic mass is 16.1. The largest absolute Gasteiger partial charge is 0.368 e. The zero-order valence-electron chi connectivity index (χ0n) is 10.9. The van der Waals surface area contributed by atoms with Gasteiger partial charge in [0.05, 0.1) is 6.04 Å². The van der Waals surface area contributed by atoms with E-state index in [0.717, 1.165) is 19.6 Å². The zero-order chi connectivity index (χ0) is 12.7. The molecule has 0 saturated carbocycles. The van der Waals surface area contributed by atoms with E-state index < -0.39 is 11.9 Å². The van der Waals surface area contributed by atoms with Gasteiger partial charge in [0.15, 0.2) is 0 Å². The molecule has 4 N–H and O–H groups in total. The van der Waals surface area contributed by atoms with Crippen molar-refractivity contribution in [1.82, 2.24) is 9.80 Å². The zero-order valence-corrected chi connectivity index (χ0v) is 10.9. The first-order valence-electron chi connectivity index (χ1n) is 5.75. The predicted octanol–water partition coefficient (Wildman–Crippen LogP) is -0.681. The quantitative estimate of drug-likeness (QED) is 0.579. The third kappa shape index (κ3) is 7.62. The number of hydrogen-bond acceptors (Lipinski definition) is 4. The van der Waals surface area contributed by atoms with Crippen LogP contribution in [0.5, 0.6) is 0 Å². The molecule has 0 saturated heterocycles. The van der Waals surface area contributed by atoms with E-state index in [1.165, 1.54) is 0 Å². The Morgan fingerprint density at radius 3 is 2.12 bits per heavy atom. The van der Waals surface area contributed by atoms with Crippen LogP contribution in [0.15, 0.2) is 0 Å². The Bertz CT molecular complexity index is 206. The molecule has 0 spiro atoms. The SMILES string of the molecule is CC(C)CN(CCN(C)C)CC(N)C(N)=O. The first kappa shape index (κ1) is 15.3. The van der Waals surface area contributed by atoms with Crippen LogP contribution in [0.4, 0.5) is 0 Å². The minimum atomic E-state index is -0.569. The summed E-state index contributed by atoms with van der Waals surface area (Å²) in [7, 11) is 4.06. The standard InChI is InChI=1S/C11H26N4O/c1-9(2)7-15(6-5-14(3)4)8-10(12)11(13)16/h9-10H,5-8,12H2,1-4H3,(H2,13,16). The van der Waals surface area contributed by atoms with Crippen LogP contribution in [0.2, 0.25) is 0 Å². The lowest BCUT2D eigenvalue weighted by Gasteiger charge is -2.27. The van der Waals surface area contributed by atoms with Gasteiger partial charge in [0.1, 0.15) is 0 Å². The van der Waals surface area contributed by atoms with E-state index in [2.05, 4.69) is 23.6 Å². The molecule has 0 aliphatic carbocycles. The molecule has 0 aromatic carbocycles. The molecule has 96 valence electrons. The molecule has 5 heteroatoms. The summed E-state index contributed by atoms with van der Waals surface area (Å²) in [5, 5.41) is 0. The molecule has 1 atom stereocenters. The second-order valence-electron chi connectivity index (χ2n) is 4.97. The van der Waals surface area contributed by atoms with Crippen molar-refractivity contribution in [3.05, 3.63) is 0 Å². The van der Waals surface area contributed by atoms with E-state index in [4.69, 9.17) is 11.5 Å². The predicted molar refractivity (Wildman–Crippen MR) is 67.0 cm³/mol. The van der Waals surface area contributed by atoms with Crippen LogP contribution < -0.4 is 11.5 Å². The van der Waals surface area contributed by atoms with E-state index in [-0.39, 0.29) is 0 Å². The fraction of sp³-hybridized carbons (Fsp3) is 0.909. The maximum atomic E-state index is 10.9. The highest BCUT2D eigenvalue weighted by Gasteiger charge is 2.15. The van der Waals surface area contributed by atoms with Crippen LogP contribution in [0.3, 0.4) is 0 Å². The van der Waals surface area contributed by atoms with Gasteiger partial charge in [-0.05, 0) is 20.0 Å². The maximum Gasteiger partial charge on any atom is 0.235 e. The topological polar surface area (TPSA) is 75.6 Å². The Morgan fingerprint density at radius 1 is 1.19 bits per heavy atom. The monoisotopic (exact) mass is 230 g/mol. The molecule has 16 heavy (non-hydrogen) atoms. The summed E-state index contributed by atoms with van der Waals surface area (Å²) in [6.07, 6.45) is 0. The molecule has 0 heterocycles. The van der Waals surface area contributed by atoms with Gasteiger partial charge in [0, 0.05) is 26.2 Å². The number of carbonyl (C=O) groups is 1. The lowest BCUT2D eigenvalue weighted by molar-refractivity contribution is -0.119. The van der Waals surface area contributed by atoms with E-state index in [0.29, 0.717) is 12.5 Å². The number of nitrogens with zero attached hydrogens (tertiary/aromatic N) is 2. The van der Waals surface area contributed by atoms with Crippen molar-refractivity contribution in [2.75, 3.05) is 40.3 Å². The van der Waals surface area contributed by atoms with Crippen molar-refractivity contribution in [3.8, 4) is 0 Å². The summed E-state index contributed by atoms with van der Waals surface area (Å²) >= 11 is 0. The molecule has 0 aliphatic heterocycles. The van der Waals surface area contributed by atoms with E-state index in [1.54, 1.807) is 0 Å². The lowest BCUT2D eigenvalue weighted by atomic mass is 10.2. The summed E-state index contributed by atoms with van der Waals surface area (Å²) < 4.78 is 0. The summed E-state index contributed by atoms with van der Waals surface area (Å²) in [6, 6.07) is -0.569. The molecule has 0 aliphatic rings. The number of carbonyl (C=O) groups excluding carboxylic acids is 1. The van der Waals surface area contributed by atoms with E-state index in [1.807, 2.05) is 14.1 Å². The number of primary amides is 1. The summed E-state index contributed by atoms with van der Waals surface area (Å²) in [4.78, 5) is 15.2. The molecule has 1 amide bonds. The summed E-state index contributed by atoms with van der Waals surface area (Å²) in [6.45, 7) is 7.65. The van der Waals surface area contributed by atoms with Crippen molar-refractivity contribution in [1.29, 1.82) is 0 Å². The molecule has 0 rings (SSSR count). The molecule has 0 aromatic rings. The second kappa shape index (κ2) is 7.60. The van der Waals surface area contributed by atoms with Gasteiger partial charge < -0.3 is 16.4 Å². The van der Waals surface area contributed by atoms with Gasteiger partial charge in [0.2, 0.25) is 5.91 Å². The maximum absolute atomic E-state index is 10.9. The molecule has 0 radical (unpaired) electrons. The smallest absolute Gasteiger partial charge is 0.235 e. The normalized spacial score (nSPS) is 13.8. The number of hydrogen-bond donors (Lipinski definition) is 2. The van der Waals surface area contributed by atoms with Crippen LogP contribution in [0, 0.1) is 5.92 Å². The highest BCUT2D eigenvalue weighted by Crippen LogP contribution is 1.99. The van der Waals surface area contributed by atoms with Crippen molar-refractivity contribution in [3.63, 3.8) is 0 Å². The van der Waals surface area contributed by atoms with Gasteiger partial charge in [-0.15, -0.1) is 0 Å². The molecule has 0 fully saturated rings. The Kier molecular flexibility index (Phi) is 7.29. The van der Waals surface area contributed by atoms with Gasteiger partial charge in [0.25, 0.3) is 0 Å². The highest BCUT2D eigenvalue weighted by molar-refractivity contribution is 5.79. The van der Waals surface area contributed by atoms with Crippen LogP contribution >= 0.6 is 0 Å². The van der Waals surface area contributed by atoms with Crippen LogP contribution in [-0.4, -0.2) is 62.0 Å². The van der Waals surface area contributed by atoms with Gasteiger partial charge >= 0.3 is 0 Å². The minimum Gasteiger partial charge on any atom is -0.368 e. The van der Waals surface area contributed by atoms with Crippen molar-refractivity contribution < 1.29 is 4.79 Å². The van der Waals surface area contributed by atoms with Crippen molar-refractivity contribution >= 4 is 5.91 Å². The van der Waals surface area contributed by atoms with Crippen molar-refractivity contribution in [2.45, 2.75) is 19.9 Å². The van der Waals surface area contributed by atoms with E-state index in [9.17, 15) is 4.79 Å². The number of amides is 1. The Balaban J connectivity index is 4.14. The fourth-order valence-corrected chi connectivity index (χ4v) is 1.48. The Hall–Kier alpha value is -0.650. The molecule has 1 unspecified atom stereocenters. The molecular weight excluding hydrogens is 204 g/mol. The van der Waals surface area contributed by atoms with Gasteiger partial charge in [-0.3, -0.25) is 9.69 Å². The molecule has 0 bridgehead atoms. The fourth-order valence-electron chi connectivity index (χ4n) is 1.48. The van der Waals surface area contributed by atoms with Gasteiger partial charge in [-0.2, -0.15) is 0 Å². The minimum absolute atomic E-state index is 0.432. The average Bonchev–Trinajstić information content (AvgIpc) is 2.12. The third-order valence-electron chi connectivity index (χ3n) is 2.31. The number of rotatable bonds is 8. The van der Waals surface area contributed by atoms with Gasteiger partial charge in [-0.25, -0.2) is 0 Å². The van der Waals surface area contributed by atoms with Crippen LogP contribution in [-0.2, 0) is 4.79 Å². The van der Waals surface area contributed by atoms with Crippen molar-refractivity contribution in [2.24, 2.45) is 17.4 Å². The van der Waals surface area contributed by atoms with Crippen LogP contribution in [0.25, 0.3) is 0 Å². The van der Waals surface area contributed by atoms with Gasteiger partial charge in [-0.1, -0.05) is 13.8 Å². The Morgan fingerprint density at radius 2 is 1.75 bits per heavy atom. The summed E-state index contributed by atoms with van der Waals surface area (Å²) in [5.74, 6) is 0.126. The Labute approximate surface area is 98.7 Å². The first-order chi connectivity index (χ1) is 7.32. The second-order valence-corrected chi connectivity index (χ2v) is 4.97. The number of nitrogens with two attached hydrogens (primary N) is 2. The molecule has 5 nitrogen and oxygen atoms in total. The van der Waals surface area contributed by atoms with E-state index >= 15 is 0 Å².